The standard InChI is InChI=1S/C15H27NO3/c1-5-7-12(10(2)3)14(17)16-9-6-8-13(11(16)4)15(18)19/h10-13H,5-9H2,1-4H3,(H,18,19)/t11-,12?,13-/m0/s1. The molecule has 3 atom stereocenters. The van der Waals surface area contributed by atoms with E-state index in [-0.39, 0.29) is 17.9 Å². The number of amides is 1. The number of hydrogen-bond donors (Lipinski definition) is 1. The molecule has 1 amide bonds. The van der Waals surface area contributed by atoms with Gasteiger partial charge in [0.15, 0.2) is 0 Å². The lowest BCUT2D eigenvalue weighted by atomic mass is 9.85. The van der Waals surface area contributed by atoms with E-state index in [9.17, 15) is 14.7 Å². The van der Waals surface area contributed by atoms with E-state index in [1.54, 1.807) is 0 Å². The van der Waals surface area contributed by atoms with Crippen LogP contribution < -0.4 is 0 Å². The minimum atomic E-state index is -0.776. The molecule has 1 aliphatic heterocycles. The van der Waals surface area contributed by atoms with Crippen LogP contribution >= 0.6 is 0 Å². The van der Waals surface area contributed by atoms with Gasteiger partial charge >= 0.3 is 5.97 Å². The molecule has 4 nitrogen and oxygen atoms in total. The molecule has 0 spiro atoms. The minimum absolute atomic E-state index is 0.0278. The number of carboxylic acid groups (broad SMARTS) is 1. The van der Waals surface area contributed by atoms with Crippen molar-refractivity contribution in [2.45, 2.75) is 59.4 Å². The number of hydrogen-bond acceptors (Lipinski definition) is 2. The predicted molar refractivity (Wildman–Crippen MR) is 74.8 cm³/mol. The van der Waals surface area contributed by atoms with Gasteiger partial charge in [-0.05, 0) is 32.1 Å². The third-order valence-electron chi connectivity index (χ3n) is 4.31. The molecule has 0 aromatic rings. The Hall–Kier alpha value is -1.06. The summed E-state index contributed by atoms with van der Waals surface area (Å²) < 4.78 is 0. The largest absolute Gasteiger partial charge is 0.481 e. The van der Waals surface area contributed by atoms with E-state index in [1.807, 2.05) is 11.8 Å². The van der Waals surface area contributed by atoms with Gasteiger partial charge in [-0.25, -0.2) is 0 Å². The normalized spacial score (nSPS) is 25.4. The van der Waals surface area contributed by atoms with Crippen molar-refractivity contribution in [1.29, 1.82) is 0 Å². The van der Waals surface area contributed by atoms with Gasteiger partial charge in [-0.15, -0.1) is 0 Å². The van der Waals surface area contributed by atoms with Crippen LogP contribution in [0.15, 0.2) is 0 Å². The Morgan fingerprint density at radius 1 is 1.37 bits per heavy atom. The Morgan fingerprint density at radius 3 is 2.47 bits per heavy atom. The molecule has 0 radical (unpaired) electrons. The van der Waals surface area contributed by atoms with Gasteiger partial charge in [0, 0.05) is 18.5 Å². The van der Waals surface area contributed by atoms with Crippen LogP contribution in [0.2, 0.25) is 0 Å². The molecule has 0 saturated carbocycles. The Morgan fingerprint density at radius 2 is 2.00 bits per heavy atom. The van der Waals surface area contributed by atoms with E-state index >= 15 is 0 Å². The second kappa shape index (κ2) is 6.92. The minimum Gasteiger partial charge on any atom is -0.481 e. The summed E-state index contributed by atoms with van der Waals surface area (Å²) in [6.45, 7) is 8.81. The highest BCUT2D eigenvalue weighted by Crippen LogP contribution is 2.28. The molecule has 1 rings (SSSR count). The fourth-order valence-corrected chi connectivity index (χ4v) is 3.05. The Balaban J connectivity index is 2.81. The first-order valence-corrected chi connectivity index (χ1v) is 7.43. The van der Waals surface area contributed by atoms with E-state index in [0.717, 1.165) is 19.3 Å². The smallest absolute Gasteiger partial charge is 0.308 e. The molecule has 19 heavy (non-hydrogen) atoms. The summed E-state index contributed by atoms with van der Waals surface area (Å²) in [5.74, 6) is -0.700. The lowest BCUT2D eigenvalue weighted by Crippen LogP contribution is -2.51. The van der Waals surface area contributed by atoms with Gasteiger partial charge in [0.05, 0.1) is 5.92 Å². The summed E-state index contributed by atoms with van der Waals surface area (Å²) in [5, 5.41) is 9.22. The predicted octanol–water partition coefficient (Wildman–Crippen LogP) is 2.77. The van der Waals surface area contributed by atoms with Crippen molar-refractivity contribution >= 4 is 11.9 Å². The quantitative estimate of drug-likeness (QED) is 0.835. The number of aliphatic carboxylic acids is 1. The molecule has 1 heterocycles. The monoisotopic (exact) mass is 269 g/mol. The molecule has 0 bridgehead atoms. The highest BCUT2D eigenvalue weighted by molar-refractivity contribution is 5.81. The first-order chi connectivity index (χ1) is 8.90. The van der Waals surface area contributed by atoms with Crippen LogP contribution in [0.3, 0.4) is 0 Å². The first-order valence-electron chi connectivity index (χ1n) is 7.43. The summed E-state index contributed by atoms with van der Waals surface area (Å²) in [6.07, 6.45) is 3.35. The van der Waals surface area contributed by atoms with Gasteiger partial charge < -0.3 is 10.0 Å². The number of piperidine rings is 1. The van der Waals surface area contributed by atoms with Crippen molar-refractivity contribution in [3.8, 4) is 0 Å². The molecule has 1 aliphatic rings. The van der Waals surface area contributed by atoms with Crippen molar-refractivity contribution in [1.82, 2.24) is 4.90 Å². The molecule has 0 aromatic heterocycles. The van der Waals surface area contributed by atoms with Crippen LogP contribution in [0.25, 0.3) is 0 Å². The second-order valence-corrected chi connectivity index (χ2v) is 6.00. The summed E-state index contributed by atoms with van der Waals surface area (Å²) >= 11 is 0. The lowest BCUT2D eigenvalue weighted by molar-refractivity contribution is -0.151. The molecule has 1 fully saturated rings. The molecular weight excluding hydrogens is 242 g/mol. The van der Waals surface area contributed by atoms with Crippen LogP contribution in [-0.2, 0) is 9.59 Å². The number of likely N-dealkylation sites (tertiary alicyclic amines) is 1. The van der Waals surface area contributed by atoms with Crippen molar-refractivity contribution < 1.29 is 14.7 Å². The third kappa shape index (κ3) is 3.71. The maximum atomic E-state index is 12.6. The van der Waals surface area contributed by atoms with E-state index in [4.69, 9.17) is 0 Å². The highest BCUT2D eigenvalue weighted by Gasteiger charge is 2.37. The van der Waals surface area contributed by atoms with E-state index in [0.29, 0.717) is 18.9 Å². The zero-order chi connectivity index (χ0) is 14.6. The van der Waals surface area contributed by atoms with Crippen LogP contribution in [0.5, 0.6) is 0 Å². The Bertz CT molecular complexity index is 327. The van der Waals surface area contributed by atoms with Crippen LogP contribution in [0.1, 0.15) is 53.4 Å². The second-order valence-electron chi connectivity index (χ2n) is 6.00. The van der Waals surface area contributed by atoms with Gasteiger partial charge in [0.2, 0.25) is 5.91 Å². The van der Waals surface area contributed by atoms with Crippen molar-refractivity contribution in [2.24, 2.45) is 17.8 Å². The maximum Gasteiger partial charge on any atom is 0.308 e. The Labute approximate surface area is 116 Å². The topological polar surface area (TPSA) is 57.6 Å². The van der Waals surface area contributed by atoms with E-state index in [2.05, 4.69) is 20.8 Å². The number of nitrogens with zero attached hydrogens (tertiary/aromatic N) is 1. The van der Waals surface area contributed by atoms with Gasteiger partial charge in [-0.1, -0.05) is 27.2 Å². The van der Waals surface area contributed by atoms with Crippen molar-refractivity contribution in [3.05, 3.63) is 0 Å². The van der Waals surface area contributed by atoms with Gasteiger partial charge in [-0.2, -0.15) is 0 Å². The van der Waals surface area contributed by atoms with Crippen LogP contribution in [0, 0.1) is 17.8 Å². The molecular formula is C15H27NO3. The van der Waals surface area contributed by atoms with Crippen molar-refractivity contribution in [2.75, 3.05) is 6.54 Å². The fraction of sp³-hybridized carbons (Fsp3) is 0.867. The average molecular weight is 269 g/mol. The lowest BCUT2D eigenvalue weighted by Gasteiger charge is -2.40. The zero-order valence-corrected chi connectivity index (χ0v) is 12.6. The van der Waals surface area contributed by atoms with E-state index < -0.39 is 11.9 Å². The summed E-state index contributed by atoms with van der Waals surface area (Å²) in [6, 6.07) is -0.183. The Kier molecular flexibility index (Phi) is 5.83. The number of carbonyl (C=O) groups is 2. The van der Waals surface area contributed by atoms with Gasteiger partial charge in [-0.3, -0.25) is 9.59 Å². The SMILES string of the molecule is CCCC(C(=O)N1CCC[C@H](C(=O)O)[C@@H]1C)C(C)C. The maximum absolute atomic E-state index is 12.6. The first kappa shape index (κ1) is 16.0. The van der Waals surface area contributed by atoms with Gasteiger partial charge in [0.1, 0.15) is 0 Å². The van der Waals surface area contributed by atoms with Gasteiger partial charge in [0.25, 0.3) is 0 Å². The van der Waals surface area contributed by atoms with Crippen molar-refractivity contribution in [3.63, 3.8) is 0 Å². The molecule has 4 heteroatoms. The highest BCUT2D eigenvalue weighted by atomic mass is 16.4. The molecule has 110 valence electrons. The zero-order valence-electron chi connectivity index (χ0n) is 12.6. The molecule has 0 aromatic carbocycles. The van der Waals surface area contributed by atoms with Crippen LogP contribution in [0.4, 0.5) is 0 Å². The summed E-state index contributed by atoms with van der Waals surface area (Å²) in [5.41, 5.74) is 0. The average Bonchev–Trinajstić information content (AvgIpc) is 2.34. The number of carboxylic acids is 1. The molecule has 1 unspecified atom stereocenters. The molecule has 1 saturated heterocycles. The molecule has 0 aliphatic carbocycles. The summed E-state index contributed by atoms with van der Waals surface area (Å²) in [4.78, 5) is 25.7. The summed E-state index contributed by atoms with van der Waals surface area (Å²) in [7, 11) is 0. The third-order valence-corrected chi connectivity index (χ3v) is 4.31. The van der Waals surface area contributed by atoms with E-state index in [1.165, 1.54) is 0 Å². The number of carbonyl (C=O) groups excluding carboxylic acids is 1. The van der Waals surface area contributed by atoms with Crippen LogP contribution in [-0.4, -0.2) is 34.5 Å². The fourth-order valence-electron chi connectivity index (χ4n) is 3.05. The number of rotatable bonds is 5. The molecule has 1 N–H and O–H groups in total.